The maximum atomic E-state index is 13.1. The molecule has 2 bridgehead atoms. The molecule has 3 N–H and O–H groups in total. The Hall–Kier alpha value is -2.76. The zero-order valence-electron chi connectivity index (χ0n) is 17.3. The molecule has 0 radical (unpaired) electrons. The number of benzene rings is 1. The molecular weight excluding hydrogens is 378 g/mol. The van der Waals surface area contributed by atoms with E-state index in [-0.39, 0.29) is 35.6 Å². The second-order valence-corrected chi connectivity index (χ2v) is 9.20. The number of hydrogen-bond donors (Lipinski definition) is 3. The number of rotatable bonds is 5. The third kappa shape index (κ3) is 3.38. The fourth-order valence-corrected chi connectivity index (χ4v) is 5.70. The fraction of sp³-hybridized carbons (Fsp3) is 0.500. The number of amides is 2. The van der Waals surface area contributed by atoms with E-state index in [1.165, 1.54) is 0 Å². The average molecular weight is 408 g/mol. The van der Waals surface area contributed by atoms with E-state index >= 15 is 0 Å². The van der Waals surface area contributed by atoms with Crippen LogP contribution in [0.3, 0.4) is 0 Å². The Balaban J connectivity index is 1.23. The molecule has 1 spiro atoms. The minimum Gasteiger partial charge on any atom is -0.469 e. The van der Waals surface area contributed by atoms with E-state index in [0.29, 0.717) is 5.56 Å². The predicted molar refractivity (Wildman–Crippen MR) is 114 cm³/mol. The summed E-state index contributed by atoms with van der Waals surface area (Å²) < 4.78 is 5.39. The molecule has 30 heavy (non-hydrogen) atoms. The van der Waals surface area contributed by atoms with Gasteiger partial charge in [-0.15, -0.1) is 0 Å². The highest BCUT2D eigenvalue weighted by Gasteiger charge is 2.55. The molecule has 2 amide bonds. The van der Waals surface area contributed by atoms with Crippen LogP contribution in [0.2, 0.25) is 0 Å². The third-order valence-corrected chi connectivity index (χ3v) is 7.27. The zero-order chi connectivity index (χ0) is 20.7. The third-order valence-electron chi connectivity index (χ3n) is 7.27. The van der Waals surface area contributed by atoms with Crippen LogP contribution in [-0.4, -0.2) is 23.5 Å². The lowest BCUT2D eigenvalue weighted by Crippen LogP contribution is -2.68. The molecule has 158 valence electrons. The van der Waals surface area contributed by atoms with Gasteiger partial charge in [0.1, 0.15) is 11.4 Å². The molecule has 1 aromatic heterocycles. The molecule has 6 rings (SSSR count). The second kappa shape index (κ2) is 7.49. The monoisotopic (exact) mass is 407 g/mol. The van der Waals surface area contributed by atoms with Crippen molar-refractivity contribution in [1.82, 2.24) is 10.6 Å². The highest BCUT2D eigenvalue weighted by Crippen LogP contribution is 2.51. The lowest BCUT2D eigenvalue weighted by molar-refractivity contribution is -0.132. The SMILES string of the molecule is CC(CCc1ccco1)NC(=O)C1CC2CCC1C[C@@]21NC(=O)c2ccccc2N1. The number of aryl methyl sites for hydroxylation is 1. The lowest BCUT2D eigenvalue weighted by Gasteiger charge is -2.56. The van der Waals surface area contributed by atoms with E-state index in [0.717, 1.165) is 50.0 Å². The molecule has 3 aliphatic carbocycles. The molecule has 1 aromatic carbocycles. The number of carbonyl (C=O) groups excluding carboxylic acids is 2. The van der Waals surface area contributed by atoms with Crippen LogP contribution < -0.4 is 16.0 Å². The smallest absolute Gasteiger partial charge is 0.255 e. The summed E-state index contributed by atoms with van der Waals surface area (Å²) in [6.45, 7) is 2.06. The molecular formula is C24H29N3O3. The largest absolute Gasteiger partial charge is 0.469 e. The second-order valence-electron chi connectivity index (χ2n) is 9.20. The van der Waals surface area contributed by atoms with Crippen LogP contribution in [-0.2, 0) is 11.2 Å². The van der Waals surface area contributed by atoms with Crippen LogP contribution in [0, 0.1) is 17.8 Å². The molecule has 0 saturated heterocycles. The van der Waals surface area contributed by atoms with Gasteiger partial charge < -0.3 is 20.4 Å². The van der Waals surface area contributed by atoms with Gasteiger partial charge >= 0.3 is 0 Å². The van der Waals surface area contributed by atoms with Gasteiger partial charge in [-0.25, -0.2) is 0 Å². The molecule has 2 aromatic rings. The van der Waals surface area contributed by atoms with Crippen molar-refractivity contribution in [2.24, 2.45) is 17.8 Å². The summed E-state index contributed by atoms with van der Waals surface area (Å²) in [5.41, 5.74) is 1.18. The van der Waals surface area contributed by atoms with Crippen molar-refractivity contribution < 1.29 is 14.0 Å². The minimum atomic E-state index is -0.421. The molecule has 3 saturated carbocycles. The van der Waals surface area contributed by atoms with Crippen LogP contribution in [0.5, 0.6) is 0 Å². The van der Waals surface area contributed by atoms with Crippen LogP contribution in [0.1, 0.15) is 55.1 Å². The summed E-state index contributed by atoms with van der Waals surface area (Å²) in [6.07, 6.45) is 7.07. The maximum Gasteiger partial charge on any atom is 0.255 e. The molecule has 1 aliphatic heterocycles. The zero-order valence-corrected chi connectivity index (χ0v) is 17.3. The molecule has 5 atom stereocenters. The maximum absolute atomic E-state index is 13.1. The van der Waals surface area contributed by atoms with Gasteiger partial charge in [-0.2, -0.15) is 0 Å². The summed E-state index contributed by atoms with van der Waals surface area (Å²) in [5.74, 6) is 1.67. The first kappa shape index (κ1) is 19.2. The van der Waals surface area contributed by atoms with Crippen molar-refractivity contribution in [1.29, 1.82) is 0 Å². The molecule has 6 heteroatoms. The molecule has 3 fully saturated rings. The van der Waals surface area contributed by atoms with Gasteiger partial charge in [0, 0.05) is 30.0 Å². The highest BCUT2D eigenvalue weighted by molar-refractivity contribution is 6.02. The number of furan rings is 1. The average Bonchev–Trinajstić information content (AvgIpc) is 3.26. The number of carbonyl (C=O) groups is 2. The topological polar surface area (TPSA) is 83.4 Å². The van der Waals surface area contributed by atoms with Gasteiger partial charge in [0.15, 0.2) is 0 Å². The van der Waals surface area contributed by atoms with Crippen LogP contribution in [0.4, 0.5) is 5.69 Å². The van der Waals surface area contributed by atoms with Crippen LogP contribution >= 0.6 is 0 Å². The van der Waals surface area contributed by atoms with Crippen molar-refractivity contribution in [2.75, 3.05) is 5.32 Å². The van der Waals surface area contributed by atoms with E-state index < -0.39 is 5.66 Å². The standard InChI is InChI=1S/C24H29N3O3/c1-15(8-11-18-5-4-12-30-18)25-22(28)20-13-17-10-9-16(20)14-24(17)26-21-7-3-2-6-19(21)23(29)27-24/h2-7,12,15-17,20,26H,8-11,13-14H2,1H3,(H,25,28)(H,27,29)/t15?,16?,17?,20?,24-/m1/s1. The summed E-state index contributed by atoms with van der Waals surface area (Å²) in [5, 5.41) is 10.1. The summed E-state index contributed by atoms with van der Waals surface area (Å²) in [7, 11) is 0. The Kier molecular flexibility index (Phi) is 4.80. The molecule has 6 nitrogen and oxygen atoms in total. The van der Waals surface area contributed by atoms with Crippen LogP contribution in [0.25, 0.3) is 0 Å². The Labute approximate surface area is 176 Å². The van der Waals surface area contributed by atoms with Crippen LogP contribution in [0.15, 0.2) is 47.1 Å². The van der Waals surface area contributed by atoms with E-state index in [1.807, 2.05) is 36.4 Å². The van der Waals surface area contributed by atoms with Gasteiger partial charge in [-0.05, 0) is 69.2 Å². The van der Waals surface area contributed by atoms with Crippen molar-refractivity contribution >= 4 is 17.5 Å². The van der Waals surface area contributed by atoms with Gasteiger partial charge in [-0.1, -0.05) is 12.1 Å². The summed E-state index contributed by atoms with van der Waals surface area (Å²) in [6, 6.07) is 11.6. The minimum absolute atomic E-state index is 0.00977. The summed E-state index contributed by atoms with van der Waals surface area (Å²) in [4.78, 5) is 25.8. The van der Waals surface area contributed by atoms with Crippen molar-refractivity contribution in [2.45, 2.75) is 57.2 Å². The van der Waals surface area contributed by atoms with Crippen molar-refractivity contribution in [3.8, 4) is 0 Å². The first-order chi connectivity index (χ1) is 14.5. The number of nitrogens with one attached hydrogen (secondary N) is 3. The van der Waals surface area contributed by atoms with Crippen molar-refractivity contribution in [3.63, 3.8) is 0 Å². The Morgan fingerprint density at radius 2 is 2.10 bits per heavy atom. The van der Waals surface area contributed by atoms with Gasteiger partial charge in [0.05, 0.1) is 11.8 Å². The first-order valence-corrected chi connectivity index (χ1v) is 11.1. The van der Waals surface area contributed by atoms with E-state index in [4.69, 9.17) is 4.42 Å². The Morgan fingerprint density at radius 3 is 2.87 bits per heavy atom. The molecule has 4 unspecified atom stereocenters. The van der Waals surface area contributed by atoms with E-state index in [1.54, 1.807) is 6.26 Å². The number of fused-ring (bicyclic) bond motifs is 3. The van der Waals surface area contributed by atoms with Gasteiger partial charge in [-0.3, -0.25) is 9.59 Å². The van der Waals surface area contributed by atoms with Gasteiger partial charge in [0.25, 0.3) is 5.91 Å². The predicted octanol–water partition coefficient (Wildman–Crippen LogP) is 3.70. The number of hydrogen-bond acceptors (Lipinski definition) is 4. The molecule has 2 heterocycles. The van der Waals surface area contributed by atoms with E-state index in [2.05, 4.69) is 22.9 Å². The summed E-state index contributed by atoms with van der Waals surface area (Å²) >= 11 is 0. The van der Waals surface area contributed by atoms with Gasteiger partial charge in [0.2, 0.25) is 5.91 Å². The molecule has 4 aliphatic rings. The number of anilines is 1. The lowest BCUT2D eigenvalue weighted by atomic mass is 9.58. The quantitative estimate of drug-likeness (QED) is 0.706. The van der Waals surface area contributed by atoms with E-state index in [9.17, 15) is 9.59 Å². The fourth-order valence-electron chi connectivity index (χ4n) is 5.70. The number of para-hydroxylation sites is 1. The Morgan fingerprint density at radius 1 is 1.23 bits per heavy atom. The highest BCUT2D eigenvalue weighted by atomic mass is 16.3. The Bertz CT molecular complexity index is 941. The normalized spacial score (nSPS) is 30.3. The van der Waals surface area contributed by atoms with Crippen molar-refractivity contribution in [3.05, 3.63) is 54.0 Å². The first-order valence-electron chi connectivity index (χ1n) is 11.1.